The SMILES string of the molecule is C=C/C=C(\C=O)NC(=O)c1sc(C)c(C(=O)C(=O)NC2(c3c[nH]nn3)CC(F)(F)C2)c1C. The Kier molecular flexibility index (Phi) is 6.17. The van der Waals surface area contributed by atoms with Crippen LogP contribution in [0.2, 0.25) is 0 Å². The highest BCUT2D eigenvalue weighted by atomic mass is 32.1. The van der Waals surface area contributed by atoms with Crippen molar-refractivity contribution in [2.24, 2.45) is 0 Å². The summed E-state index contributed by atoms with van der Waals surface area (Å²) in [4.78, 5) is 49.7. The van der Waals surface area contributed by atoms with Gasteiger partial charge in [0.1, 0.15) is 5.69 Å². The third kappa shape index (κ3) is 4.26. The molecule has 12 heteroatoms. The van der Waals surface area contributed by atoms with Crippen molar-refractivity contribution >= 4 is 35.2 Å². The molecule has 1 aliphatic rings. The van der Waals surface area contributed by atoms with Crippen molar-refractivity contribution in [3.05, 3.63) is 57.2 Å². The molecule has 3 N–H and O–H groups in total. The molecule has 2 heterocycles. The van der Waals surface area contributed by atoms with Crippen molar-refractivity contribution in [2.75, 3.05) is 0 Å². The van der Waals surface area contributed by atoms with Crippen LogP contribution in [-0.2, 0) is 15.1 Å². The Morgan fingerprint density at radius 2 is 1.97 bits per heavy atom. The number of halogens is 2. The standard InChI is InChI=1S/C20H19F2N5O4S/c1-4-5-12(7-28)24-18(31)16-10(2)14(11(3)32-16)15(29)17(30)25-19(8-20(21,22)9-19)13-6-23-27-26-13/h4-7H,1,8-9H2,2-3H3,(H,24,31)(H,25,30)(H,23,26,27)/b12-5+. The van der Waals surface area contributed by atoms with Crippen LogP contribution in [0, 0.1) is 13.8 Å². The van der Waals surface area contributed by atoms with Crippen LogP contribution in [-0.4, -0.2) is 45.2 Å². The third-order valence-corrected chi connectivity index (χ3v) is 6.23. The van der Waals surface area contributed by atoms with E-state index in [0.717, 1.165) is 11.3 Å². The number of Topliss-reactive ketones (excluding diaryl/α,β-unsaturated/α-hetero) is 1. The molecule has 168 valence electrons. The largest absolute Gasteiger partial charge is 0.337 e. The normalized spacial score (nSPS) is 16.6. The van der Waals surface area contributed by atoms with Crippen molar-refractivity contribution in [3.63, 3.8) is 0 Å². The van der Waals surface area contributed by atoms with Gasteiger partial charge in [0, 0.05) is 29.5 Å². The number of carbonyl (C=O) groups is 4. The van der Waals surface area contributed by atoms with Gasteiger partial charge in [0.25, 0.3) is 23.5 Å². The minimum absolute atomic E-state index is 0.000565. The number of alkyl halides is 2. The van der Waals surface area contributed by atoms with Crippen molar-refractivity contribution in [3.8, 4) is 0 Å². The maximum absolute atomic E-state index is 13.6. The van der Waals surface area contributed by atoms with Crippen LogP contribution < -0.4 is 10.6 Å². The molecule has 1 saturated carbocycles. The molecule has 32 heavy (non-hydrogen) atoms. The van der Waals surface area contributed by atoms with Crippen molar-refractivity contribution in [1.82, 2.24) is 26.0 Å². The van der Waals surface area contributed by atoms with E-state index >= 15 is 0 Å². The minimum Gasteiger partial charge on any atom is -0.337 e. The first-order valence-electron chi connectivity index (χ1n) is 9.34. The molecule has 2 amide bonds. The Morgan fingerprint density at radius 1 is 1.28 bits per heavy atom. The van der Waals surface area contributed by atoms with Crippen molar-refractivity contribution in [1.29, 1.82) is 0 Å². The Labute approximate surface area is 185 Å². The number of H-pyrrole nitrogens is 1. The Morgan fingerprint density at radius 3 is 2.50 bits per heavy atom. The van der Waals surface area contributed by atoms with Crippen molar-refractivity contribution < 1.29 is 28.0 Å². The monoisotopic (exact) mass is 463 g/mol. The van der Waals surface area contributed by atoms with E-state index < -0.39 is 41.9 Å². The number of nitrogens with one attached hydrogen (secondary N) is 3. The van der Waals surface area contributed by atoms with Crippen LogP contribution in [0.1, 0.15) is 49.0 Å². The van der Waals surface area contributed by atoms with Crippen LogP contribution in [0.15, 0.2) is 30.6 Å². The average molecular weight is 463 g/mol. The number of aromatic amines is 1. The Hall–Kier alpha value is -3.54. The quantitative estimate of drug-likeness (QED) is 0.181. The molecule has 0 aliphatic heterocycles. The maximum atomic E-state index is 13.6. The molecule has 0 aromatic carbocycles. The number of nitrogens with zero attached hydrogens (tertiary/aromatic N) is 2. The summed E-state index contributed by atoms with van der Waals surface area (Å²) in [5.41, 5.74) is -1.21. The highest BCUT2D eigenvalue weighted by molar-refractivity contribution is 7.14. The molecule has 0 bridgehead atoms. The first kappa shape index (κ1) is 23.1. The zero-order valence-electron chi connectivity index (χ0n) is 17.1. The van der Waals surface area contributed by atoms with Crippen LogP contribution in [0.3, 0.4) is 0 Å². The fourth-order valence-electron chi connectivity index (χ4n) is 3.62. The number of aryl methyl sites for hydroxylation is 1. The van der Waals surface area contributed by atoms with Gasteiger partial charge >= 0.3 is 0 Å². The molecule has 2 aromatic rings. The molecule has 0 spiro atoms. The number of hydrogen-bond donors (Lipinski definition) is 3. The molecule has 3 rings (SSSR count). The first-order valence-corrected chi connectivity index (χ1v) is 10.2. The molecule has 1 fully saturated rings. The number of aldehydes is 1. The topological polar surface area (TPSA) is 134 Å². The molecule has 0 saturated heterocycles. The van der Waals surface area contributed by atoms with Gasteiger partial charge in [0.2, 0.25) is 0 Å². The van der Waals surface area contributed by atoms with Gasteiger partial charge in [-0.15, -0.1) is 16.4 Å². The lowest BCUT2D eigenvalue weighted by atomic mass is 9.71. The number of ketones is 1. The minimum atomic E-state index is -3.01. The summed E-state index contributed by atoms with van der Waals surface area (Å²) >= 11 is 0.971. The number of hydrogen-bond acceptors (Lipinski definition) is 7. The van der Waals surface area contributed by atoms with E-state index in [9.17, 15) is 28.0 Å². The van der Waals surface area contributed by atoms with E-state index in [-0.39, 0.29) is 27.4 Å². The highest BCUT2D eigenvalue weighted by Gasteiger charge is 2.60. The van der Waals surface area contributed by atoms with E-state index in [1.165, 1.54) is 25.3 Å². The van der Waals surface area contributed by atoms with Crippen LogP contribution in [0.25, 0.3) is 0 Å². The predicted molar refractivity (Wildman–Crippen MR) is 110 cm³/mol. The number of rotatable bonds is 8. The van der Waals surface area contributed by atoms with Crippen LogP contribution >= 0.6 is 11.3 Å². The maximum Gasteiger partial charge on any atom is 0.293 e. The third-order valence-electron chi connectivity index (χ3n) is 5.03. The summed E-state index contributed by atoms with van der Waals surface area (Å²) < 4.78 is 27.3. The molecule has 2 aromatic heterocycles. The van der Waals surface area contributed by atoms with Gasteiger partial charge in [-0.05, 0) is 25.5 Å². The number of amides is 2. The lowest BCUT2D eigenvalue weighted by Gasteiger charge is -2.46. The number of thiophene rings is 1. The first-order chi connectivity index (χ1) is 15.0. The summed E-state index contributed by atoms with van der Waals surface area (Å²) in [6.45, 7) is 6.49. The highest BCUT2D eigenvalue weighted by Crippen LogP contribution is 2.51. The van der Waals surface area contributed by atoms with Gasteiger partial charge in [-0.2, -0.15) is 0 Å². The summed E-state index contributed by atoms with van der Waals surface area (Å²) in [6, 6.07) is 0. The molecule has 1 aliphatic carbocycles. The zero-order chi connectivity index (χ0) is 23.7. The van der Waals surface area contributed by atoms with E-state index in [0.29, 0.717) is 11.2 Å². The van der Waals surface area contributed by atoms with E-state index in [2.05, 4.69) is 32.6 Å². The van der Waals surface area contributed by atoms with Gasteiger partial charge in [-0.3, -0.25) is 24.3 Å². The van der Waals surface area contributed by atoms with E-state index in [4.69, 9.17) is 0 Å². The smallest absolute Gasteiger partial charge is 0.293 e. The lowest BCUT2D eigenvalue weighted by Crippen LogP contribution is -2.61. The summed E-state index contributed by atoms with van der Waals surface area (Å²) in [5, 5.41) is 14.4. The summed E-state index contributed by atoms with van der Waals surface area (Å²) in [6.07, 6.45) is 2.91. The molecular formula is C20H19F2N5O4S. The second kappa shape index (κ2) is 8.54. The van der Waals surface area contributed by atoms with Gasteiger partial charge in [0.05, 0.1) is 16.1 Å². The second-order valence-corrected chi connectivity index (χ2v) is 8.58. The molecular weight excluding hydrogens is 444 g/mol. The molecule has 0 atom stereocenters. The second-order valence-electron chi connectivity index (χ2n) is 7.35. The Balaban J connectivity index is 1.84. The fraction of sp³-hybridized carbons (Fsp3) is 0.300. The molecule has 0 unspecified atom stereocenters. The van der Waals surface area contributed by atoms with Gasteiger partial charge in [-0.1, -0.05) is 17.9 Å². The van der Waals surface area contributed by atoms with E-state index in [1.54, 1.807) is 6.92 Å². The zero-order valence-corrected chi connectivity index (χ0v) is 17.9. The summed E-state index contributed by atoms with van der Waals surface area (Å²) in [5.74, 6) is -5.71. The number of aromatic nitrogens is 3. The molecule has 9 nitrogen and oxygen atoms in total. The van der Waals surface area contributed by atoms with Gasteiger partial charge in [0.15, 0.2) is 6.29 Å². The number of allylic oxidation sites excluding steroid dienone is 3. The van der Waals surface area contributed by atoms with Crippen LogP contribution in [0.5, 0.6) is 0 Å². The fourth-order valence-corrected chi connectivity index (χ4v) is 4.67. The Bertz CT molecular complexity index is 1130. The van der Waals surface area contributed by atoms with Crippen molar-refractivity contribution in [2.45, 2.75) is 38.2 Å². The average Bonchev–Trinajstić information content (AvgIpc) is 3.34. The van der Waals surface area contributed by atoms with Crippen LogP contribution in [0.4, 0.5) is 8.78 Å². The summed E-state index contributed by atoms with van der Waals surface area (Å²) in [7, 11) is 0. The number of carbonyl (C=O) groups excluding carboxylic acids is 4. The van der Waals surface area contributed by atoms with Gasteiger partial charge < -0.3 is 10.6 Å². The van der Waals surface area contributed by atoms with E-state index in [1.807, 2.05) is 0 Å². The predicted octanol–water partition coefficient (Wildman–Crippen LogP) is 2.11. The lowest BCUT2D eigenvalue weighted by molar-refractivity contribution is -0.148. The molecule has 0 radical (unpaired) electrons. The van der Waals surface area contributed by atoms with Gasteiger partial charge in [-0.25, -0.2) is 8.78 Å².